The van der Waals surface area contributed by atoms with Gasteiger partial charge in [0, 0.05) is 6.61 Å². The summed E-state index contributed by atoms with van der Waals surface area (Å²) in [7, 11) is 0. The van der Waals surface area contributed by atoms with Crippen LogP contribution in [0.1, 0.15) is 19.6 Å². The van der Waals surface area contributed by atoms with E-state index in [1.165, 1.54) is 10.9 Å². The Morgan fingerprint density at radius 3 is 2.87 bits per heavy atom. The highest BCUT2D eigenvalue weighted by atomic mass is 16.6. The van der Waals surface area contributed by atoms with Gasteiger partial charge in [0.1, 0.15) is 23.8 Å². The average Bonchev–Trinajstić information content (AvgIpc) is 3.06. The summed E-state index contributed by atoms with van der Waals surface area (Å²) in [5.74, 6) is 0.151. The number of aliphatic hydroxyl groups excluding tert-OH is 2. The highest BCUT2D eigenvalue weighted by molar-refractivity contribution is 5.82. The van der Waals surface area contributed by atoms with Crippen LogP contribution in [0.5, 0.6) is 0 Å². The first kappa shape index (κ1) is 15.9. The molecular formula is C13H20N6O4. The molecule has 1 aliphatic rings. The first-order valence-electron chi connectivity index (χ1n) is 7.38. The molecule has 0 amide bonds. The number of fused-ring (bicyclic) bond motifs is 1. The van der Waals surface area contributed by atoms with Crippen LogP contribution in [0.4, 0.5) is 11.8 Å². The second kappa shape index (κ2) is 6.24. The molecule has 3 heterocycles. The van der Waals surface area contributed by atoms with Gasteiger partial charge in [-0.05, 0) is 6.42 Å². The number of hydrogen-bond donors (Lipinski definition) is 4. The van der Waals surface area contributed by atoms with Crippen LogP contribution in [0.3, 0.4) is 0 Å². The highest BCUT2D eigenvalue weighted by Gasteiger charge is 2.45. The zero-order valence-corrected chi connectivity index (χ0v) is 12.7. The molecule has 6 N–H and O–H groups in total. The maximum Gasteiger partial charge on any atom is 0.224 e. The van der Waals surface area contributed by atoms with Crippen LogP contribution in [0.2, 0.25) is 0 Å². The summed E-state index contributed by atoms with van der Waals surface area (Å²) in [6.07, 6.45) is -0.851. The van der Waals surface area contributed by atoms with Gasteiger partial charge in [-0.2, -0.15) is 9.97 Å². The van der Waals surface area contributed by atoms with Crippen LogP contribution < -0.4 is 11.5 Å². The number of aromatic nitrogens is 4. The molecule has 1 unspecified atom stereocenters. The third kappa shape index (κ3) is 2.70. The van der Waals surface area contributed by atoms with Crippen molar-refractivity contribution in [2.75, 3.05) is 24.7 Å². The number of nitrogens with two attached hydrogens (primary N) is 2. The molecule has 4 atom stereocenters. The molecule has 0 radical (unpaired) electrons. The van der Waals surface area contributed by atoms with Crippen molar-refractivity contribution in [2.45, 2.75) is 37.9 Å². The first-order valence-corrected chi connectivity index (χ1v) is 7.38. The molecule has 0 saturated carbocycles. The molecule has 0 spiro atoms. The lowest BCUT2D eigenvalue weighted by atomic mass is 10.1. The molecule has 1 saturated heterocycles. The quantitative estimate of drug-likeness (QED) is 0.544. The summed E-state index contributed by atoms with van der Waals surface area (Å²) in [5, 5.41) is 20.0. The lowest BCUT2D eigenvalue weighted by Gasteiger charge is -2.19. The van der Waals surface area contributed by atoms with Crippen LogP contribution in [-0.4, -0.2) is 61.3 Å². The number of aliphatic hydroxyl groups is 2. The van der Waals surface area contributed by atoms with Crippen LogP contribution in [0.25, 0.3) is 11.2 Å². The number of imidazole rings is 1. The van der Waals surface area contributed by atoms with Crippen molar-refractivity contribution in [3.8, 4) is 0 Å². The molecule has 126 valence electrons. The largest absolute Gasteiger partial charge is 0.394 e. The van der Waals surface area contributed by atoms with E-state index >= 15 is 0 Å². The molecule has 1 aliphatic heterocycles. The van der Waals surface area contributed by atoms with Gasteiger partial charge in [0.15, 0.2) is 17.7 Å². The van der Waals surface area contributed by atoms with Crippen LogP contribution >= 0.6 is 0 Å². The number of rotatable bonds is 5. The molecule has 3 rings (SSSR count). The smallest absolute Gasteiger partial charge is 0.224 e. The molecule has 2 aromatic rings. The fourth-order valence-corrected chi connectivity index (χ4v) is 2.70. The maximum absolute atomic E-state index is 10.5. The van der Waals surface area contributed by atoms with E-state index in [1.807, 2.05) is 6.92 Å². The second-order valence-electron chi connectivity index (χ2n) is 5.36. The molecule has 0 aliphatic carbocycles. The van der Waals surface area contributed by atoms with Gasteiger partial charge in [-0.25, -0.2) is 4.98 Å². The Bertz CT molecular complexity index is 692. The molecule has 0 aromatic carbocycles. The van der Waals surface area contributed by atoms with Crippen molar-refractivity contribution < 1.29 is 19.7 Å². The Labute approximate surface area is 132 Å². The molecule has 10 nitrogen and oxygen atoms in total. The first-order chi connectivity index (χ1) is 11.1. The zero-order chi connectivity index (χ0) is 16.6. The van der Waals surface area contributed by atoms with Crippen molar-refractivity contribution in [3.05, 3.63) is 6.33 Å². The van der Waals surface area contributed by atoms with E-state index in [0.29, 0.717) is 17.8 Å². The van der Waals surface area contributed by atoms with Gasteiger partial charge in [0.05, 0.1) is 12.9 Å². The number of nitrogen functional groups attached to an aromatic ring is 2. The minimum Gasteiger partial charge on any atom is -0.394 e. The average molecular weight is 324 g/mol. The predicted molar refractivity (Wildman–Crippen MR) is 81.2 cm³/mol. The molecule has 2 aromatic heterocycles. The van der Waals surface area contributed by atoms with Gasteiger partial charge >= 0.3 is 0 Å². The van der Waals surface area contributed by atoms with E-state index in [-0.39, 0.29) is 18.4 Å². The van der Waals surface area contributed by atoms with Crippen molar-refractivity contribution in [1.29, 1.82) is 0 Å². The Morgan fingerprint density at radius 2 is 2.17 bits per heavy atom. The topological polar surface area (TPSA) is 155 Å². The lowest BCUT2D eigenvalue weighted by molar-refractivity contribution is -0.0603. The highest BCUT2D eigenvalue weighted by Crippen LogP contribution is 2.33. The van der Waals surface area contributed by atoms with Crippen LogP contribution in [-0.2, 0) is 9.47 Å². The van der Waals surface area contributed by atoms with E-state index in [9.17, 15) is 10.2 Å². The van der Waals surface area contributed by atoms with Crippen molar-refractivity contribution >= 4 is 22.9 Å². The van der Waals surface area contributed by atoms with E-state index in [2.05, 4.69) is 15.0 Å². The van der Waals surface area contributed by atoms with E-state index in [1.54, 1.807) is 0 Å². The Morgan fingerprint density at radius 1 is 1.39 bits per heavy atom. The van der Waals surface area contributed by atoms with Crippen molar-refractivity contribution in [2.24, 2.45) is 0 Å². The van der Waals surface area contributed by atoms with Crippen LogP contribution in [0, 0.1) is 0 Å². The van der Waals surface area contributed by atoms with E-state index in [4.69, 9.17) is 20.9 Å². The van der Waals surface area contributed by atoms with Crippen molar-refractivity contribution in [1.82, 2.24) is 19.5 Å². The van der Waals surface area contributed by atoms with Crippen molar-refractivity contribution in [3.63, 3.8) is 0 Å². The van der Waals surface area contributed by atoms with E-state index in [0.717, 1.165) is 6.42 Å². The van der Waals surface area contributed by atoms with E-state index < -0.39 is 24.5 Å². The van der Waals surface area contributed by atoms with Gasteiger partial charge < -0.3 is 31.2 Å². The summed E-state index contributed by atoms with van der Waals surface area (Å²) < 4.78 is 12.8. The Kier molecular flexibility index (Phi) is 4.31. The van der Waals surface area contributed by atoms with Gasteiger partial charge in [-0.3, -0.25) is 4.57 Å². The predicted octanol–water partition coefficient (Wildman–Crippen LogP) is -0.963. The fraction of sp³-hybridized carbons (Fsp3) is 0.615. The number of nitrogens with zero attached hydrogens (tertiary/aromatic N) is 4. The monoisotopic (exact) mass is 324 g/mol. The maximum atomic E-state index is 10.5. The normalized spacial score (nSPS) is 27.8. The third-order valence-corrected chi connectivity index (χ3v) is 3.74. The standard InChI is InChI=1S/C13H20N6O4/c1-2-3-22-9-6(4-20)23-12(8(9)21)19-5-16-7-10(14)17-13(15)18-11(7)19/h5-6,8-9,12,20-21H,2-4H2,1H3,(H4,14,15,17,18)/t6-,8-,9-,12?/m1/s1. The third-order valence-electron chi connectivity index (χ3n) is 3.74. The van der Waals surface area contributed by atoms with Gasteiger partial charge in [0.2, 0.25) is 5.95 Å². The summed E-state index contributed by atoms with van der Waals surface area (Å²) >= 11 is 0. The molecule has 23 heavy (non-hydrogen) atoms. The fourth-order valence-electron chi connectivity index (χ4n) is 2.70. The molecule has 0 bridgehead atoms. The summed E-state index contributed by atoms with van der Waals surface area (Å²) in [6.45, 7) is 2.15. The minimum atomic E-state index is -0.992. The minimum absolute atomic E-state index is 0.00160. The summed E-state index contributed by atoms with van der Waals surface area (Å²) in [6, 6.07) is 0. The van der Waals surface area contributed by atoms with Gasteiger partial charge in [-0.1, -0.05) is 6.92 Å². The second-order valence-corrected chi connectivity index (χ2v) is 5.36. The van der Waals surface area contributed by atoms with Gasteiger partial charge in [0.25, 0.3) is 0 Å². The molecular weight excluding hydrogens is 304 g/mol. The Hall–Kier alpha value is -2.01. The number of anilines is 2. The lowest BCUT2D eigenvalue weighted by Crippen LogP contribution is -2.36. The summed E-state index contributed by atoms with van der Waals surface area (Å²) in [4.78, 5) is 12.1. The number of ether oxygens (including phenoxy) is 2. The SMILES string of the molecule is CCCO[C@@H]1[C@@H](CO)OC(n2cnc3c(N)nc(N)nc32)[C@@H]1O. The summed E-state index contributed by atoms with van der Waals surface area (Å²) in [5.41, 5.74) is 12.1. The zero-order valence-electron chi connectivity index (χ0n) is 12.7. The Balaban J connectivity index is 1.95. The number of hydrogen-bond acceptors (Lipinski definition) is 9. The molecule has 10 heteroatoms. The molecule has 1 fully saturated rings. The van der Waals surface area contributed by atoms with Crippen LogP contribution in [0.15, 0.2) is 6.33 Å². The van der Waals surface area contributed by atoms with Gasteiger partial charge in [-0.15, -0.1) is 0 Å².